The first-order valence-electron chi connectivity index (χ1n) is 7.44. The van der Waals surface area contributed by atoms with Crippen LogP contribution in [0.4, 0.5) is 10.7 Å². The number of methoxy groups -OCH3 is 1. The SMILES string of the molecule is COC(=O)c1ccc2cnc(NCCNC(=O)OC(C)(C)C)nn12. The topological polar surface area (TPSA) is 107 Å². The van der Waals surface area contributed by atoms with Gasteiger partial charge in [-0.2, -0.15) is 0 Å². The summed E-state index contributed by atoms with van der Waals surface area (Å²) in [4.78, 5) is 27.3. The maximum atomic E-state index is 11.7. The number of nitrogens with one attached hydrogen (secondary N) is 2. The first-order chi connectivity index (χ1) is 11.3. The second kappa shape index (κ2) is 7.16. The summed E-state index contributed by atoms with van der Waals surface area (Å²) in [6.45, 7) is 6.13. The largest absolute Gasteiger partial charge is 0.464 e. The Morgan fingerprint density at radius 1 is 1.25 bits per heavy atom. The summed E-state index contributed by atoms with van der Waals surface area (Å²) in [6, 6.07) is 3.34. The van der Waals surface area contributed by atoms with Crippen LogP contribution in [0.15, 0.2) is 18.3 Å². The van der Waals surface area contributed by atoms with Gasteiger partial charge in [-0.1, -0.05) is 0 Å². The third-order valence-corrected chi connectivity index (χ3v) is 2.87. The quantitative estimate of drug-likeness (QED) is 0.629. The van der Waals surface area contributed by atoms with E-state index in [0.717, 1.165) is 0 Å². The average Bonchev–Trinajstić information content (AvgIpc) is 2.92. The minimum Gasteiger partial charge on any atom is -0.464 e. The van der Waals surface area contributed by atoms with E-state index in [1.54, 1.807) is 39.1 Å². The predicted octanol–water partition coefficient (Wildman–Crippen LogP) is 1.45. The fourth-order valence-electron chi connectivity index (χ4n) is 1.89. The van der Waals surface area contributed by atoms with E-state index in [2.05, 4.69) is 20.7 Å². The number of aromatic nitrogens is 3. The van der Waals surface area contributed by atoms with Gasteiger partial charge in [-0.05, 0) is 32.9 Å². The molecular weight excluding hydrogens is 314 g/mol. The van der Waals surface area contributed by atoms with Crippen molar-refractivity contribution in [1.82, 2.24) is 19.9 Å². The van der Waals surface area contributed by atoms with Gasteiger partial charge in [0, 0.05) is 13.1 Å². The lowest BCUT2D eigenvalue weighted by molar-refractivity contribution is 0.0528. The van der Waals surface area contributed by atoms with E-state index in [0.29, 0.717) is 30.2 Å². The van der Waals surface area contributed by atoms with Crippen LogP contribution >= 0.6 is 0 Å². The molecule has 24 heavy (non-hydrogen) atoms. The molecule has 0 bridgehead atoms. The number of amides is 1. The van der Waals surface area contributed by atoms with Crippen molar-refractivity contribution in [3.63, 3.8) is 0 Å². The molecule has 2 aromatic heterocycles. The van der Waals surface area contributed by atoms with E-state index in [4.69, 9.17) is 9.47 Å². The fourth-order valence-corrected chi connectivity index (χ4v) is 1.89. The summed E-state index contributed by atoms with van der Waals surface area (Å²) in [7, 11) is 1.31. The summed E-state index contributed by atoms with van der Waals surface area (Å²) in [5.41, 5.74) is 0.447. The summed E-state index contributed by atoms with van der Waals surface area (Å²) >= 11 is 0. The highest BCUT2D eigenvalue weighted by Crippen LogP contribution is 2.10. The second-order valence-electron chi connectivity index (χ2n) is 5.98. The molecule has 0 unspecified atom stereocenters. The molecule has 2 rings (SSSR count). The number of carbonyl (C=O) groups is 2. The first kappa shape index (κ1) is 17.5. The Morgan fingerprint density at radius 3 is 2.67 bits per heavy atom. The van der Waals surface area contributed by atoms with Gasteiger partial charge in [-0.25, -0.2) is 19.1 Å². The number of ether oxygens (including phenoxy) is 2. The van der Waals surface area contributed by atoms with Crippen LogP contribution in [0.1, 0.15) is 31.3 Å². The van der Waals surface area contributed by atoms with Gasteiger partial charge in [0.15, 0.2) is 5.69 Å². The number of nitrogens with zero attached hydrogens (tertiary/aromatic N) is 3. The number of hydrogen-bond donors (Lipinski definition) is 2. The molecule has 0 radical (unpaired) electrons. The fraction of sp³-hybridized carbons (Fsp3) is 0.467. The lowest BCUT2D eigenvalue weighted by atomic mass is 10.2. The van der Waals surface area contributed by atoms with Gasteiger partial charge >= 0.3 is 12.1 Å². The van der Waals surface area contributed by atoms with E-state index >= 15 is 0 Å². The number of rotatable bonds is 5. The summed E-state index contributed by atoms with van der Waals surface area (Å²) in [5, 5.41) is 9.81. The lowest BCUT2D eigenvalue weighted by Crippen LogP contribution is -2.35. The standard InChI is InChI=1S/C15H21N5O4/c1-15(2,3)24-14(22)17-8-7-16-13-18-9-10-5-6-11(12(21)23-4)20(10)19-13/h5-6,9H,7-8H2,1-4H3,(H,16,19)(H,17,22). The van der Waals surface area contributed by atoms with Crippen molar-refractivity contribution in [2.24, 2.45) is 0 Å². The molecule has 9 nitrogen and oxygen atoms in total. The highest BCUT2D eigenvalue weighted by molar-refractivity contribution is 5.89. The van der Waals surface area contributed by atoms with Crippen LogP contribution in [0, 0.1) is 0 Å². The molecule has 0 aliphatic carbocycles. The van der Waals surface area contributed by atoms with Crippen molar-refractivity contribution in [2.75, 3.05) is 25.5 Å². The zero-order valence-corrected chi connectivity index (χ0v) is 14.1. The van der Waals surface area contributed by atoms with E-state index in [1.807, 2.05) is 0 Å². The van der Waals surface area contributed by atoms with Gasteiger partial charge in [0.05, 0.1) is 18.8 Å². The van der Waals surface area contributed by atoms with Gasteiger partial charge in [0.1, 0.15) is 5.60 Å². The van der Waals surface area contributed by atoms with Crippen molar-refractivity contribution in [2.45, 2.75) is 26.4 Å². The van der Waals surface area contributed by atoms with Crippen LogP contribution < -0.4 is 10.6 Å². The molecule has 2 heterocycles. The Bertz CT molecular complexity index is 735. The molecular formula is C15H21N5O4. The average molecular weight is 335 g/mol. The molecule has 0 saturated heterocycles. The predicted molar refractivity (Wildman–Crippen MR) is 87.1 cm³/mol. The molecule has 9 heteroatoms. The van der Waals surface area contributed by atoms with E-state index in [9.17, 15) is 9.59 Å². The number of alkyl carbamates (subject to hydrolysis) is 1. The molecule has 2 N–H and O–H groups in total. The van der Waals surface area contributed by atoms with Crippen molar-refractivity contribution < 1.29 is 19.1 Å². The highest BCUT2D eigenvalue weighted by Gasteiger charge is 2.15. The van der Waals surface area contributed by atoms with Gasteiger partial charge in [0.25, 0.3) is 0 Å². The minimum absolute atomic E-state index is 0.310. The van der Waals surface area contributed by atoms with Crippen LogP contribution in [0.25, 0.3) is 5.52 Å². The summed E-state index contributed by atoms with van der Waals surface area (Å²) in [5.74, 6) is -0.152. The van der Waals surface area contributed by atoms with Crippen LogP contribution in [-0.2, 0) is 9.47 Å². The maximum Gasteiger partial charge on any atom is 0.407 e. The number of esters is 1. The Hall–Kier alpha value is -2.84. The monoisotopic (exact) mass is 335 g/mol. The maximum absolute atomic E-state index is 11.7. The van der Waals surface area contributed by atoms with Gasteiger partial charge in [0.2, 0.25) is 5.95 Å². The zero-order chi connectivity index (χ0) is 17.7. The molecule has 0 aliphatic heterocycles. The normalized spacial score (nSPS) is 11.2. The molecule has 0 aliphatic rings. The second-order valence-corrected chi connectivity index (χ2v) is 5.98. The Balaban J connectivity index is 1.91. The van der Waals surface area contributed by atoms with Gasteiger partial charge in [-0.3, -0.25) is 0 Å². The Kier molecular flexibility index (Phi) is 5.22. The van der Waals surface area contributed by atoms with Crippen LogP contribution in [0.3, 0.4) is 0 Å². The highest BCUT2D eigenvalue weighted by atomic mass is 16.6. The molecule has 0 atom stereocenters. The lowest BCUT2D eigenvalue weighted by Gasteiger charge is -2.19. The molecule has 0 fully saturated rings. The van der Waals surface area contributed by atoms with Gasteiger partial charge < -0.3 is 20.1 Å². The number of anilines is 1. The third kappa shape index (κ3) is 4.58. The van der Waals surface area contributed by atoms with Crippen molar-refractivity contribution in [3.8, 4) is 0 Å². The Labute approximate surface area is 139 Å². The Morgan fingerprint density at radius 2 is 2.00 bits per heavy atom. The third-order valence-electron chi connectivity index (χ3n) is 2.87. The zero-order valence-electron chi connectivity index (χ0n) is 14.1. The number of hydrogen-bond acceptors (Lipinski definition) is 7. The summed E-state index contributed by atoms with van der Waals surface area (Å²) < 4.78 is 11.3. The van der Waals surface area contributed by atoms with Crippen LogP contribution in [0.2, 0.25) is 0 Å². The number of carbonyl (C=O) groups excluding carboxylic acids is 2. The van der Waals surface area contributed by atoms with Gasteiger partial charge in [-0.15, -0.1) is 5.10 Å². The molecule has 130 valence electrons. The smallest absolute Gasteiger partial charge is 0.407 e. The summed E-state index contributed by atoms with van der Waals surface area (Å²) in [6.07, 6.45) is 1.10. The van der Waals surface area contributed by atoms with Crippen molar-refractivity contribution >= 4 is 23.5 Å². The molecule has 1 amide bonds. The van der Waals surface area contributed by atoms with Crippen LogP contribution in [0.5, 0.6) is 0 Å². The molecule has 0 spiro atoms. The minimum atomic E-state index is -0.537. The molecule has 0 aromatic carbocycles. The molecule has 2 aromatic rings. The first-order valence-corrected chi connectivity index (χ1v) is 7.44. The van der Waals surface area contributed by atoms with E-state index in [-0.39, 0.29) is 0 Å². The van der Waals surface area contributed by atoms with Crippen molar-refractivity contribution in [3.05, 3.63) is 24.0 Å². The van der Waals surface area contributed by atoms with E-state index in [1.165, 1.54) is 11.6 Å². The number of fused-ring (bicyclic) bond motifs is 1. The molecule has 0 saturated carbocycles. The van der Waals surface area contributed by atoms with Crippen LogP contribution in [-0.4, -0.2) is 52.5 Å². The van der Waals surface area contributed by atoms with Crippen molar-refractivity contribution in [1.29, 1.82) is 0 Å². The van der Waals surface area contributed by atoms with E-state index < -0.39 is 17.7 Å².